The Morgan fingerprint density at radius 1 is 1.14 bits per heavy atom. The van der Waals surface area contributed by atoms with Gasteiger partial charge in [0, 0.05) is 11.6 Å². The van der Waals surface area contributed by atoms with Crippen LogP contribution in [0.15, 0.2) is 36.4 Å². The quantitative estimate of drug-likeness (QED) is 0.705. The van der Waals surface area contributed by atoms with Crippen LogP contribution in [0.1, 0.15) is 47.7 Å². The number of amides is 1. The van der Waals surface area contributed by atoms with Gasteiger partial charge in [-0.25, -0.2) is 4.98 Å². The van der Waals surface area contributed by atoms with Gasteiger partial charge in [0.15, 0.2) is 0 Å². The van der Waals surface area contributed by atoms with Gasteiger partial charge in [-0.05, 0) is 93.1 Å². The average Bonchev–Trinajstić information content (AvgIpc) is 3.34. The summed E-state index contributed by atoms with van der Waals surface area (Å²) in [5.74, 6) is 1.62. The van der Waals surface area contributed by atoms with Crippen molar-refractivity contribution in [1.82, 2.24) is 14.9 Å². The fraction of sp³-hybridized carbons (Fsp3) is 0.417. The Kier molecular flexibility index (Phi) is 4.84. The van der Waals surface area contributed by atoms with E-state index in [1.807, 2.05) is 6.07 Å². The number of aromatic amines is 1. The topological polar surface area (TPSA) is 61.0 Å². The van der Waals surface area contributed by atoms with E-state index in [1.165, 1.54) is 29.5 Å². The molecule has 1 saturated heterocycles. The van der Waals surface area contributed by atoms with Crippen molar-refractivity contribution in [2.75, 3.05) is 25.0 Å². The molecule has 0 unspecified atom stereocenters. The summed E-state index contributed by atoms with van der Waals surface area (Å²) >= 11 is 0. The maximum absolute atomic E-state index is 12.5. The highest BCUT2D eigenvalue weighted by Crippen LogP contribution is 2.28. The number of hydrogen-bond acceptors (Lipinski definition) is 3. The number of aryl methyl sites for hydroxylation is 3. The summed E-state index contributed by atoms with van der Waals surface area (Å²) < 4.78 is 0. The minimum Gasteiger partial charge on any atom is -0.342 e. The lowest BCUT2D eigenvalue weighted by molar-refractivity contribution is -0.117. The Balaban J connectivity index is 1.15. The first-order valence-corrected chi connectivity index (χ1v) is 10.7. The molecule has 3 aromatic rings. The molecule has 0 saturated carbocycles. The summed E-state index contributed by atoms with van der Waals surface area (Å²) in [5.41, 5.74) is 7.17. The molecule has 2 heterocycles. The number of hydrogen-bond donors (Lipinski definition) is 2. The van der Waals surface area contributed by atoms with Crippen LogP contribution in [0.3, 0.4) is 0 Å². The van der Waals surface area contributed by atoms with E-state index in [2.05, 4.69) is 52.5 Å². The molecule has 1 aliphatic heterocycles. The van der Waals surface area contributed by atoms with Crippen molar-refractivity contribution in [2.45, 2.75) is 44.9 Å². The minimum absolute atomic E-state index is 0.0839. The Labute approximate surface area is 171 Å². The number of likely N-dealkylation sites (tertiary alicyclic amines) is 1. The number of imidazole rings is 1. The molecule has 150 valence electrons. The van der Waals surface area contributed by atoms with Crippen LogP contribution in [-0.4, -0.2) is 40.4 Å². The Bertz CT molecular complexity index is 1050. The summed E-state index contributed by atoms with van der Waals surface area (Å²) in [6, 6.07) is 12.7. The number of aromatic nitrogens is 2. The van der Waals surface area contributed by atoms with Crippen molar-refractivity contribution >= 4 is 22.6 Å². The zero-order valence-corrected chi connectivity index (χ0v) is 17.0. The predicted molar refractivity (Wildman–Crippen MR) is 116 cm³/mol. The fourth-order valence-electron chi connectivity index (χ4n) is 4.75. The van der Waals surface area contributed by atoms with E-state index in [4.69, 9.17) is 4.98 Å². The number of H-pyrrole nitrogens is 1. The van der Waals surface area contributed by atoms with E-state index in [9.17, 15) is 4.79 Å². The number of nitrogens with zero attached hydrogens (tertiary/aromatic N) is 2. The second kappa shape index (κ2) is 7.64. The minimum atomic E-state index is 0.0839. The third-order valence-electron chi connectivity index (χ3n) is 6.38. The highest BCUT2D eigenvalue weighted by molar-refractivity contribution is 5.92. The van der Waals surface area contributed by atoms with Crippen LogP contribution in [0, 0.1) is 6.92 Å². The Morgan fingerprint density at radius 3 is 2.83 bits per heavy atom. The van der Waals surface area contributed by atoms with Crippen LogP contribution in [0.4, 0.5) is 5.69 Å². The van der Waals surface area contributed by atoms with Gasteiger partial charge in [0.2, 0.25) is 5.91 Å². The lowest BCUT2D eigenvalue weighted by Gasteiger charge is -2.30. The first-order valence-electron chi connectivity index (χ1n) is 10.7. The summed E-state index contributed by atoms with van der Waals surface area (Å²) in [6.07, 6.45) is 5.60. The van der Waals surface area contributed by atoms with E-state index in [-0.39, 0.29) is 5.91 Å². The van der Waals surface area contributed by atoms with Gasteiger partial charge in [-0.3, -0.25) is 9.69 Å². The molecule has 0 spiro atoms. The molecular formula is C24H28N4O. The highest BCUT2D eigenvalue weighted by Gasteiger charge is 2.24. The lowest BCUT2D eigenvalue weighted by Crippen LogP contribution is -2.38. The molecule has 2 N–H and O–H groups in total. The smallest absolute Gasteiger partial charge is 0.238 e. The number of fused-ring (bicyclic) bond motifs is 2. The molecule has 2 aromatic carbocycles. The fourth-order valence-corrected chi connectivity index (χ4v) is 4.75. The third-order valence-corrected chi connectivity index (χ3v) is 6.38. The van der Waals surface area contributed by atoms with Crippen molar-refractivity contribution in [3.05, 3.63) is 58.9 Å². The van der Waals surface area contributed by atoms with Crippen molar-refractivity contribution in [2.24, 2.45) is 0 Å². The van der Waals surface area contributed by atoms with Gasteiger partial charge < -0.3 is 10.3 Å². The average molecular weight is 389 g/mol. The summed E-state index contributed by atoms with van der Waals surface area (Å²) in [4.78, 5) is 23.1. The van der Waals surface area contributed by atoms with Crippen molar-refractivity contribution < 1.29 is 4.79 Å². The van der Waals surface area contributed by atoms with E-state index < -0.39 is 0 Å². The van der Waals surface area contributed by atoms with Gasteiger partial charge in [0.1, 0.15) is 5.82 Å². The maximum atomic E-state index is 12.5. The van der Waals surface area contributed by atoms with Gasteiger partial charge in [-0.15, -0.1) is 0 Å². The number of anilines is 1. The van der Waals surface area contributed by atoms with E-state index in [1.54, 1.807) is 0 Å². The molecule has 29 heavy (non-hydrogen) atoms. The zero-order valence-electron chi connectivity index (χ0n) is 17.0. The Hall–Kier alpha value is -2.66. The van der Waals surface area contributed by atoms with Crippen LogP contribution in [0.2, 0.25) is 0 Å². The van der Waals surface area contributed by atoms with E-state index in [0.717, 1.165) is 54.9 Å². The summed E-state index contributed by atoms with van der Waals surface area (Å²) in [5, 5.41) is 3.09. The van der Waals surface area contributed by atoms with E-state index >= 15 is 0 Å². The molecule has 0 atom stereocenters. The summed E-state index contributed by atoms with van der Waals surface area (Å²) in [7, 11) is 0. The lowest BCUT2D eigenvalue weighted by atomic mass is 9.96. The van der Waals surface area contributed by atoms with E-state index in [0.29, 0.717) is 12.5 Å². The summed E-state index contributed by atoms with van der Waals surface area (Å²) in [6.45, 7) is 4.42. The largest absolute Gasteiger partial charge is 0.342 e. The second-order valence-corrected chi connectivity index (χ2v) is 8.58. The van der Waals surface area contributed by atoms with Crippen LogP contribution in [-0.2, 0) is 17.6 Å². The standard InChI is InChI=1S/C24H28N4O/c1-16-5-8-21-22(13-16)27-24(26-21)18-9-11-28(12-10-18)15-23(29)25-20-7-6-17-3-2-4-19(17)14-20/h5-8,13-14,18H,2-4,9-12,15H2,1H3,(H,25,29)(H,26,27). The number of carbonyl (C=O) groups excluding carboxylic acids is 1. The van der Waals surface area contributed by atoms with Crippen LogP contribution < -0.4 is 5.32 Å². The molecule has 1 aromatic heterocycles. The first-order chi connectivity index (χ1) is 14.1. The number of benzene rings is 2. The molecule has 5 nitrogen and oxygen atoms in total. The molecule has 0 radical (unpaired) electrons. The number of rotatable bonds is 4. The monoisotopic (exact) mass is 388 g/mol. The molecular weight excluding hydrogens is 360 g/mol. The Morgan fingerprint density at radius 2 is 1.97 bits per heavy atom. The first kappa shape index (κ1) is 18.4. The third kappa shape index (κ3) is 3.92. The van der Waals surface area contributed by atoms with Crippen LogP contribution >= 0.6 is 0 Å². The van der Waals surface area contributed by atoms with Crippen molar-refractivity contribution in [1.29, 1.82) is 0 Å². The molecule has 5 rings (SSSR count). The molecule has 2 aliphatic rings. The van der Waals surface area contributed by atoms with Gasteiger partial charge >= 0.3 is 0 Å². The van der Waals surface area contributed by atoms with Crippen LogP contribution in [0.5, 0.6) is 0 Å². The van der Waals surface area contributed by atoms with Gasteiger partial charge in [0.25, 0.3) is 0 Å². The maximum Gasteiger partial charge on any atom is 0.238 e. The normalized spacial score (nSPS) is 17.6. The van der Waals surface area contributed by atoms with Gasteiger partial charge in [-0.1, -0.05) is 12.1 Å². The second-order valence-electron chi connectivity index (χ2n) is 8.58. The van der Waals surface area contributed by atoms with Crippen LogP contribution in [0.25, 0.3) is 11.0 Å². The van der Waals surface area contributed by atoms with Gasteiger partial charge in [0.05, 0.1) is 17.6 Å². The molecule has 0 bridgehead atoms. The van der Waals surface area contributed by atoms with Gasteiger partial charge in [-0.2, -0.15) is 0 Å². The van der Waals surface area contributed by atoms with Crippen molar-refractivity contribution in [3.8, 4) is 0 Å². The molecule has 1 aliphatic carbocycles. The molecule has 5 heteroatoms. The number of carbonyl (C=O) groups is 1. The highest BCUT2D eigenvalue weighted by atomic mass is 16.2. The zero-order chi connectivity index (χ0) is 19.8. The predicted octanol–water partition coefficient (Wildman–Crippen LogP) is 4.18. The number of piperidine rings is 1. The number of nitrogens with one attached hydrogen (secondary N) is 2. The SMILES string of the molecule is Cc1ccc2nc(C3CCN(CC(=O)Nc4ccc5c(c4)CCC5)CC3)[nH]c2c1. The molecule has 1 fully saturated rings. The van der Waals surface area contributed by atoms with Crippen molar-refractivity contribution in [3.63, 3.8) is 0 Å². The molecule has 1 amide bonds.